The van der Waals surface area contributed by atoms with Crippen molar-refractivity contribution in [3.8, 4) is 77.9 Å². The molecule has 0 aliphatic heterocycles. The lowest BCUT2D eigenvalue weighted by molar-refractivity contribution is 1.63. The highest BCUT2D eigenvalue weighted by Crippen LogP contribution is 2.61. The molecule has 1 aliphatic carbocycles. The number of benzene rings is 12. The van der Waals surface area contributed by atoms with Gasteiger partial charge in [-0.05, 0) is 132 Å². The zero-order valence-corrected chi connectivity index (χ0v) is 32.8. The van der Waals surface area contributed by atoms with E-state index >= 15 is 0 Å². The predicted octanol–water partition coefficient (Wildman–Crippen LogP) is 16.9. The molecule has 0 nitrogen and oxygen atoms in total. The third-order valence-corrected chi connectivity index (χ3v) is 13.2. The summed E-state index contributed by atoms with van der Waals surface area (Å²) in [6.07, 6.45) is 0. The standard InChI is InChI=1S/C60H36/c1-6-17-37(18-7-1)42-29-34-49-53-46(42)27-16-28-47(53)48-33-30-45(40-23-12-4-13-24-40)56-52(41-25-14-5-15-26-41)58-50-35-31-43(38-19-8-2-9-20-38)54-44(39-21-10-3-11-22-39)32-36-51(55(50)54)60(58)59(49)57(48)56/h1-36H. The van der Waals surface area contributed by atoms with Crippen LogP contribution >= 0.6 is 0 Å². The SMILES string of the molecule is c1ccc(-c2ccc3c4c5c(c(-c6ccccc6)c6c(-c7ccccc7)ccc(c7cccc2c73)c64)-c2ccc(-c3ccccc3)c3c(-c4ccccc4)ccc-5c23)cc1. The molecule has 0 heteroatoms. The maximum absolute atomic E-state index is 2.43. The van der Waals surface area contributed by atoms with Gasteiger partial charge in [-0.1, -0.05) is 218 Å². The van der Waals surface area contributed by atoms with Crippen LogP contribution in [-0.2, 0) is 0 Å². The summed E-state index contributed by atoms with van der Waals surface area (Å²) in [6, 6.07) is 81.2. The molecule has 0 radical (unpaired) electrons. The van der Waals surface area contributed by atoms with Crippen molar-refractivity contribution in [2.24, 2.45) is 0 Å². The van der Waals surface area contributed by atoms with Gasteiger partial charge < -0.3 is 0 Å². The Morgan fingerprint density at radius 3 is 1.10 bits per heavy atom. The van der Waals surface area contributed by atoms with Crippen LogP contribution in [0.3, 0.4) is 0 Å². The second-order valence-corrected chi connectivity index (χ2v) is 16.2. The quantitative estimate of drug-likeness (QED) is 0.121. The van der Waals surface area contributed by atoms with E-state index in [2.05, 4.69) is 218 Å². The molecule has 0 heterocycles. The molecule has 1 aliphatic rings. The first-order chi connectivity index (χ1) is 29.8. The first kappa shape index (κ1) is 33.2. The molecule has 12 aromatic carbocycles. The molecule has 276 valence electrons. The third kappa shape index (κ3) is 4.62. The average Bonchev–Trinajstić information content (AvgIpc) is 3.66. The Hall–Kier alpha value is -7.80. The van der Waals surface area contributed by atoms with Crippen molar-refractivity contribution in [3.05, 3.63) is 218 Å². The van der Waals surface area contributed by atoms with E-state index in [9.17, 15) is 0 Å². The van der Waals surface area contributed by atoms with Crippen molar-refractivity contribution in [2.45, 2.75) is 0 Å². The summed E-state index contributed by atoms with van der Waals surface area (Å²) in [4.78, 5) is 0. The zero-order valence-electron chi connectivity index (χ0n) is 32.8. The summed E-state index contributed by atoms with van der Waals surface area (Å²) in [5.74, 6) is 0. The Balaban J connectivity index is 1.30. The summed E-state index contributed by atoms with van der Waals surface area (Å²) in [7, 11) is 0. The fourth-order valence-electron chi connectivity index (χ4n) is 10.7. The van der Waals surface area contributed by atoms with Gasteiger partial charge >= 0.3 is 0 Å². The Labute approximate surface area is 348 Å². The number of rotatable bonds is 5. The van der Waals surface area contributed by atoms with Gasteiger partial charge in [0.15, 0.2) is 0 Å². The van der Waals surface area contributed by atoms with Crippen LogP contribution in [0.1, 0.15) is 0 Å². The smallest absolute Gasteiger partial charge is 0.000695 e. The van der Waals surface area contributed by atoms with Gasteiger partial charge in [-0.15, -0.1) is 0 Å². The average molecular weight is 757 g/mol. The van der Waals surface area contributed by atoms with E-state index in [1.54, 1.807) is 0 Å². The van der Waals surface area contributed by atoms with Crippen LogP contribution < -0.4 is 0 Å². The maximum Gasteiger partial charge on any atom is -0.000695 e. The molecule has 0 aromatic heterocycles. The van der Waals surface area contributed by atoms with Gasteiger partial charge in [-0.3, -0.25) is 0 Å². The van der Waals surface area contributed by atoms with E-state index in [0.29, 0.717) is 0 Å². The van der Waals surface area contributed by atoms with Crippen LogP contribution in [0.2, 0.25) is 0 Å². The van der Waals surface area contributed by atoms with Crippen LogP contribution in [-0.4, -0.2) is 0 Å². The van der Waals surface area contributed by atoms with E-state index < -0.39 is 0 Å². The van der Waals surface area contributed by atoms with Crippen molar-refractivity contribution < 1.29 is 0 Å². The van der Waals surface area contributed by atoms with Crippen LogP contribution in [0, 0.1) is 0 Å². The van der Waals surface area contributed by atoms with Gasteiger partial charge in [-0.2, -0.15) is 0 Å². The van der Waals surface area contributed by atoms with Gasteiger partial charge in [-0.25, -0.2) is 0 Å². The number of fused-ring (bicyclic) bond motifs is 6. The summed E-state index contributed by atoms with van der Waals surface area (Å²) in [5, 5.41) is 13.1. The Morgan fingerprint density at radius 2 is 0.533 bits per heavy atom. The maximum atomic E-state index is 2.43. The Kier molecular flexibility index (Phi) is 7.11. The van der Waals surface area contributed by atoms with Crippen molar-refractivity contribution in [1.82, 2.24) is 0 Å². The molecular formula is C60H36. The highest BCUT2D eigenvalue weighted by Gasteiger charge is 2.33. The second-order valence-electron chi connectivity index (χ2n) is 16.2. The monoisotopic (exact) mass is 756 g/mol. The minimum absolute atomic E-state index is 1.22. The molecule has 0 amide bonds. The minimum atomic E-state index is 1.22. The highest BCUT2D eigenvalue weighted by molar-refractivity contribution is 6.43. The molecule has 0 atom stereocenters. The summed E-state index contributed by atoms with van der Waals surface area (Å²) in [6.45, 7) is 0. The summed E-state index contributed by atoms with van der Waals surface area (Å²) >= 11 is 0. The van der Waals surface area contributed by atoms with Crippen molar-refractivity contribution in [3.63, 3.8) is 0 Å². The van der Waals surface area contributed by atoms with Crippen molar-refractivity contribution in [1.29, 1.82) is 0 Å². The first-order valence-corrected chi connectivity index (χ1v) is 20.9. The van der Waals surface area contributed by atoms with Gasteiger partial charge in [0, 0.05) is 0 Å². The number of hydrogen-bond donors (Lipinski definition) is 0. The van der Waals surface area contributed by atoms with Crippen LogP contribution in [0.15, 0.2) is 218 Å². The van der Waals surface area contributed by atoms with Gasteiger partial charge in [0.05, 0.1) is 0 Å². The normalized spacial score (nSPS) is 12.0. The van der Waals surface area contributed by atoms with E-state index in [1.165, 1.54) is 132 Å². The first-order valence-electron chi connectivity index (χ1n) is 20.9. The topological polar surface area (TPSA) is 0 Å². The Morgan fingerprint density at radius 1 is 0.150 bits per heavy atom. The molecule has 0 bridgehead atoms. The molecular weight excluding hydrogens is 721 g/mol. The van der Waals surface area contributed by atoms with E-state index in [1.807, 2.05) is 0 Å². The molecule has 0 N–H and O–H groups in total. The molecule has 0 saturated heterocycles. The molecule has 0 unspecified atom stereocenters. The lowest BCUT2D eigenvalue weighted by Gasteiger charge is -2.24. The van der Waals surface area contributed by atoms with Crippen molar-refractivity contribution in [2.75, 3.05) is 0 Å². The van der Waals surface area contributed by atoms with E-state index in [-0.39, 0.29) is 0 Å². The predicted molar refractivity (Wildman–Crippen MR) is 257 cm³/mol. The Bertz CT molecular complexity index is 3600. The van der Waals surface area contributed by atoms with Crippen molar-refractivity contribution >= 4 is 53.9 Å². The van der Waals surface area contributed by atoms with E-state index in [4.69, 9.17) is 0 Å². The largest absolute Gasteiger partial charge is 0.0622 e. The summed E-state index contributed by atoms with van der Waals surface area (Å²) < 4.78 is 0. The fraction of sp³-hybridized carbons (Fsp3) is 0. The molecule has 12 aromatic rings. The minimum Gasteiger partial charge on any atom is -0.0622 e. The number of hydrogen-bond acceptors (Lipinski definition) is 0. The van der Waals surface area contributed by atoms with Gasteiger partial charge in [0.1, 0.15) is 0 Å². The second kappa shape index (κ2) is 12.9. The van der Waals surface area contributed by atoms with Crippen LogP contribution in [0.4, 0.5) is 0 Å². The molecule has 0 spiro atoms. The lowest BCUT2D eigenvalue weighted by Crippen LogP contribution is -1.96. The highest BCUT2D eigenvalue weighted by atomic mass is 14.4. The molecule has 0 fully saturated rings. The molecule has 60 heavy (non-hydrogen) atoms. The third-order valence-electron chi connectivity index (χ3n) is 13.2. The summed E-state index contributed by atoms with van der Waals surface area (Å²) in [5.41, 5.74) is 17.7. The molecule has 0 saturated carbocycles. The lowest BCUT2D eigenvalue weighted by atomic mass is 9.78. The van der Waals surface area contributed by atoms with Gasteiger partial charge in [0.25, 0.3) is 0 Å². The molecule has 13 rings (SSSR count). The van der Waals surface area contributed by atoms with Crippen LogP contribution in [0.25, 0.3) is 132 Å². The fourth-order valence-corrected chi connectivity index (χ4v) is 10.7. The van der Waals surface area contributed by atoms with Gasteiger partial charge in [0.2, 0.25) is 0 Å². The van der Waals surface area contributed by atoms with E-state index in [0.717, 1.165) is 0 Å². The van der Waals surface area contributed by atoms with Crippen LogP contribution in [0.5, 0.6) is 0 Å². The zero-order chi connectivity index (χ0) is 39.3.